The number of aromatic nitrogens is 2. The van der Waals surface area contributed by atoms with E-state index in [2.05, 4.69) is 20.6 Å². The number of nitrogens with zero attached hydrogens (tertiary/aromatic N) is 2. The van der Waals surface area contributed by atoms with Crippen LogP contribution in [0.25, 0.3) is 11.5 Å². The summed E-state index contributed by atoms with van der Waals surface area (Å²) in [4.78, 5) is 31.2. The maximum Gasteiger partial charge on any atom is 0.257 e. The number of hydrogen-bond donors (Lipinski definition) is 2. The van der Waals surface area contributed by atoms with Crippen molar-refractivity contribution in [3.8, 4) is 11.5 Å². The molecule has 24 heavy (non-hydrogen) atoms. The third-order valence-corrected chi connectivity index (χ3v) is 3.85. The highest BCUT2D eigenvalue weighted by atomic mass is 32.1. The summed E-state index contributed by atoms with van der Waals surface area (Å²) in [6.07, 6.45) is 3.11. The van der Waals surface area contributed by atoms with Crippen LogP contribution in [0.5, 0.6) is 0 Å². The van der Waals surface area contributed by atoms with Gasteiger partial charge in [-0.05, 0) is 24.3 Å². The Morgan fingerprint density at radius 1 is 1.21 bits per heavy atom. The van der Waals surface area contributed by atoms with Crippen molar-refractivity contribution in [2.45, 2.75) is 13.5 Å². The molecule has 0 atom stereocenters. The van der Waals surface area contributed by atoms with Crippen molar-refractivity contribution >= 4 is 28.3 Å². The van der Waals surface area contributed by atoms with Gasteiger partial charge in [0.15, 0.2) is 10.9 Å². The summed E-state index contributed by atoms with van der Waals surface area (Å²) in [7, 11) is 0. The molecule has 0 fully saturated rings. The molecule has 0 aliphatic carbocycles. The molecule has 3 aromatic heterocycles. The van der Waals surface area contributed by atoms with Crippen molar-refractivity contribution in [3.63, 3.8) is 0 Å². The zero-order chi connectivity index (χ0) is 16.9. The number of amides is 2. The Kier molecular flexibility index (Phi) is 4.66. The summed E-state index contributed by atoms with van der Waals surface area (Å²) in [6.45, 7) is 1.77. The molecule has 3 aromatic rings. The van der Waals surface area contributed by atoms with E-state index in [4.69, 9.17) is 4.42 Å². The number of anilines is 1. The quantitative estimate of drug-likeness (QED) is 0.743. The lowest BCUT2D eigenvalue weighted by molar-refractivity contribution is -0.119. The largest absolute Gasteiger partial charge is 0.458 e. The minimum atomic E-state index is -0.246. The van der Waals surface area contributed by atoms with E-state index in [0.29, 0.717) is 34.5 Å². The first kappa shape index (κ1) is 15.9. The Bertz CT molecular complexity index is 857. The Balaban J connectivity index is 1.67. The molecule has 122 valence electrons. The van der Waals surface area contributed by atoms with E-state index < -0.39 is 0 Å². The van der Waals surface area contributed by atoms with Gasteiger partial charge in [-0.2, -0.15) is 0 Å². The first-order valence-electron chi connectivity index (χ1n) is 7.12. The van der Waals surface area contributed by atoms with E-state index in [1.807, 2.05) is 0 Å². The van der Waals surface area contributed by atoms with Crippen LogP contribution in [-0.4, -0.2) is 21.8 Å². The highest BCUT2D eigenvalue weighted by Crippen LogP contribution is 2.26. The molecule has 0 radical (unpaired) electrons. The average Bonchev–Trinajstić information content (AvgIpc) is 3.22. The standard InChI is InChI=1S/C16H14N4O3S/c1-10(21)18-8-12-2-3-14(23-12)13-9-24-16(19-13)20-15(22)11-4-6-17-7-5-11/h2-7,9H,8H2,1H3,(H,18,21)(H,19,20,22). The Hall–Kier alpha value is -3.00. The molecule has 3 heterocycles. The van der Waals surface area contributed by atoms with E-state index in [1.165, 1.54) is 18.3 Å². The second-order valence-corrected chi connectivity index (χ2v) is 5.76. The highest BCUT2D eigenvalue weighted by Gasteiger charge is 2.12. The van der Waals surface area contributed by atoms with E-state index >= 15 is 0 Å². The van der Waals surface area contributed by atoms with Crippen LogP contribution in [-0.2, 0) is 11.3 Å². The molecular weight excluding hydrogens is 328 g/mol. The molecule has 3 rings (SSSR count). The van der Waals surface area contributed by atoms with Crippen molar-refractivity contribution in [1.82, 2.24) is 15.3 Å². The lowest BCUT2D eigenvalue weighted by Crippen LogP contribution is -2.18. The molecule has 2 amide bonds. The third kappa shape index (κ3) is 3.85. The van der Waals surface area contributed by atoms with Crippen LogP contribution in [0.15, 0.2) is 46.5 Å². The van der Waals surface area contributed by atoms with Crippen LogP contribution in [0.4, 0.5) is 5.13 Å². The van der Waals surface area contributed by atoms with E-state index in [0.717, 1.165) is 0 Å². The van der Waals surface area contributed by atoms with Gasteiger partial charge >= 0.3 is 0 Å². The minimum Gasteiger partial charge on any atom is -0.458 e. The number of hydrogen-bond acceptors (Lipinski definition) is 6. The maximum absolute atomic E-state index is 12.1. The molecule has 7 nitrogen and oxygen atoms in total. The zero-order valence-electron chi connectivity index (χ0n) is 12.8. The monoisotopic (exact) mass is 342 g/mol. The second-order valence-electron chi connectivity index (χ2n) is 4.90. The van der Waals surface area contributed by atoms with E-state index in [1.54, 1.807) is 42.0 Å². The fraction of sp³-hybridized carbons (Fsp3) is 0.125. The van der Waals surface area contributed by atoms with Gasteiger partial charge < -0.3 is 9.73 Å². The summed E-state index contributed by atoms with van der Waals surface area (Å²) in [5.74, 6) is 0.846. The first-order chi connectivity index (χ1) is 11.6. The molecule has 0 saturated carbocycles. The van der Waals surface area contributed by atoms with Crippen molar-refractivity contribution in [3.05, 3.63) is 53.4 Å². The lowest BCUT2D eigenvalue weighted by atomic mass is 10.2. The van der Waals surface area contributed by atoms with Gasteiger partial charge in [0.05, 0.1) is 6.54 Å². The number of thiazole rings is 1. The molecule has 0 spiro atoms. The average molecular weight is 342 g/mol. The molecule has 0 unspecified atom stereocenters. The Labute approximate surface area is 141 Å². The molecule has 0 bridgehead atoms. The van der Waals surface area contributed by atoms with Crippen LogP contribution in [0, 0.1) is 0 Å². The van der Waals surface area contributed by atoms with E-state index in [-0.39, 0.29) is 11.8 Å². The number of nitrogens with one attached hydrogen (secondary N) is 2. The molecule has 0 saturated heterocycles. The molecule has 8 heteroatoms. The number of carbonyl (C=O) groups is 2. The van der Waals surface area contributed by atoms with Gasteiger partial charge in [0.1, 0.15) is 11.5 Å². The fourth-order valence-corrected chi connectivity index (χ4v) is 2.63. The summed E-state index contributed by atoms with van der Waals surface area (Å²) in [5.41, 5.74) is 1.14. The number of furan rings is 1. The Morgan fingerprint density at radius 3 is 2.75 bits per heavy atom. The normalized spacial score (nSPS) is 10.4. The van der Waals surface area contributed by atoms with Crippen LogP contribution >= 0.6 is 11.3 Å². The van der Waals surface area contributed by atoms with Gasteiger partial charge in [-0.1, -0.05) is 0 Å². The van der Waals surface area contributed by atoms with Crippen LogP contribution < -0.4 is 10.6 Å². The van der Waals surface area contributed by atoms with Crippen molar-refractivity contribution in [1.29, 1.82) is 0 Å². The number of pyridine rings is 1. The second kappa shape index (κ2) is 7.05. The fourth-order valence-electron chi connectivity index (χ4n) is 1.94. The number of carbonyl (C=O) groups excluding carboxylic acids is 2. The number of rotatable bonds is 5. The summed E-state index contributed by atoms with van der Waals surface area (Å²) in [6, 6.07) is 6.82. The SMILES string of the molecule is CC(=O)NCc1ccc(-c2csc(NC(=O)c3ccncc3)n2)o1. The smallest absolute Gasteiger partial charge is 0.257 e. The van der Waals surface area contributed by atoms with Gasteiger partial charge in [-0.3, -0.25) is 19.9 Å². The minimum absolute atomic E-state index is 0.122. The maximum atomic E-state index is 12.1. The van der Waals surface area contributed by atoms with Crippen molar-refractivity contribution in [2.75, 3.05) is 5.32 Å². The zero-order valence-corrected chi connectivity index (χ0v) is 13.6. The van der Waals surface area contributed by atoms with Crippen LogP contribution in [0.2, 0.25) is 0 Å². The molecule has 0 aliphatic heterocycles. The summed E-state index contributed by atoms with van der Waals surface area (Å²) < 4.78 is 5.63. The van der Waals surface area contributed by atoms with Gasteiger partial charge in [0.2, 0.25) is 5.91 Å². The molecule has 0 aliphatic rings. The van der Waals surface area contributed by atoms with Gasteiger partial charge in [-0.25, -0.2) is 4.98 Å². The predicted octanol–water partition coefficient (Wildman–Crippen LogP) is 2.69. The Morgan fingerprint density at radius 2 is 2.00 bits per heavy atom. The molecule has 2 N–H and O–H groups in total. The highest BCUT2D eigenvalue weighted by molar-refractivity contribution is 7.14. The summed E-state index contributed by atoms with van der Waals surface area (Å²) in [5, 5.41) is 7.67. The third-order valence-electron chi connectivity index (χ3n) is 3.09. The van der Waals surface area contributed by atoms with Crippen molar-refractivity contribution < 1.29 is 14.0 Å². The first-order valence-corrected chi connectivity index (χ1v) is 8.00. The lowest BCUT2D eigenvalue weighted by Gasteiger charge is -2.00. The topological polar surface area (TPSA) is 97.1 Å². The predicted molar refractivity (Wildman–Crippen MR) is 89.5 cm³/mol. The summed E-state index contributed by atoms with van der Waals surface area (Å²) >= 11 is 1.31. The van der Waals surface area contributed by atoms with Crippen LogP contribution in [0.1, 0.15) is 23.0 Å². The molecule has 0 aromatic carbocycles. The van der Waals surface area contributed by atoms with Crippen LogP contribution in [0.3, 0.4) is 0 Å². The molecular formula is C16H14N4O3S. The van der Waals surface area contributed by atoms with Gasteiger partial charge in [0.25, 0.3) is 5.91 Å². The van der Waals surface area contributed by atoms with E-state index in [9.17, 15) is 9.59 Å². The van der Waals surface area contributed by atoms with Gasteiger partial charge in [0, 0.05) is 30.3 Å². The van der Waals surface area contributed by atoms with Crippen molar-refractivity contribution in [2.24, 2.45) is 0 Å². The van der Waals surface area contributed by atoms with Gasteiger partial charge in [-0.15, -0.1) is 11.3 Å².